The van der Waals surface area contributed by atoms with Crippen molar-refractivity contribution < 1.29 is 4.79 Å². The predicted molar refractivity (Wildman–Crippen MR) is 68.2 cm³/mol. The topological polar surface area (TPSA) is 51.3 Å². The van der Waals surface area contributed by atoms with Gasteiger partial charge in [-0.3, -0.25) is 9.69 Å². The third-order valence-electron chi connectivity index (χ3n) is 3.75. The number of likely N-dealkylation sites (tertiary alicyclic amines) is 1. The second kappa shape index (κ2) is 4.63. The van der Waals surface area contributed by atoms with Crippen LogP contribution in [0.15, 0.2) is 6.07 Å². The zero-order valence-corrected chi connectivity index (χ0v) is 10.9. The van der Waals surface area contributed by atoms with Gasteiger partial charge in [0.05, 0.1) is 6.54 Å². The number of Topliss-reactive ketones (excluding diaryl/α,β-unsaturated/α-hetero) is 1. The second-order valence-electron chi connectivity index (χ2n) is 5.05. The summed E-state index contributed by atoms with van der Waals surface area (Å²) >= 11 is 0. The lowest BCUT2D eigenvalue weighted by molar-refractivity contribution is 0.0944. The van der Waals surface area contributed by atoms with Crippen molar-refractivity contribution in [1.82, 2.24) is 9.47 Å². The van der Waals surface area contributed by atoms with Crippen LogP contribution in [0.5, 0.6) is 0 Å². The van der Waals surface area contributed by atoms with Gasteiger partial charge in [-0.1, -0.05) is 0 Å². The highest BCUT2D eigenvalue weighted by Gasteiger charge is 2.23. The number of hydrogen-bond acceptors (Lipinski definition) is 3. The molecule has 0 amide bonds. The lowest BCUT2D eigenvalue weighted by atomic mass is 10.1. The molecular weight excluding hydrogens is 214 g/mol. The number of rotatable bonds is 3. The Morgan fingerprint density at radius 1 is 1.53 bits per heavy atom. The van der Waals surface area contributed by atoms with Crippen molar-refractivity contribution >= 4 is 5.78 Å². The largest absolute Gasteiger partial charge is 0.351 e. The quantitative estimate of drug-likeness (QED) is 0.791. The SMILES string of the molecule is Cc1cc(C(=O)CN2CCC(N)C2)c(C)n1C. The molecule has 17 heavy (non-hydrogen) atoms. The van der Waals surface area contributed by atoms with Crippen LogP contribution >= 0.6 is 0 Å². The van der Waals surface area contributed by atoms with E-state index in [1.54, 1.807) is 0 Å². The summed E-state index contributed by atoms with van der Waals surface area (Å²) in [5.41, 5.74) is 8.87. The van der Waals surface area contributed by atoms with E-state index in [-0.39, 0.29) is 11.8 Å². The first-order chi connectivity index (χ1) is 7.99. The molecule has 1 saturated heterocycles. The van der Waals surface area contributed by atoms with Crippen molar-refractivity contribution in [2.75, 3.05) is 19.6 Å². The standard InChI is InChI=1S/C13H21N3O/c1-9-6-12(10(2)15(9)3)13(17)8-16-5-4-11(14)7-16/h6,11H,4-5,7-8,14H2,1-3H3. The molecule has 0 saturated carbocycles. The minimum Gasteiger partial charge on any atom is -0.351 e. The van der Waals surface area contributed by atoms with E-state index in [2.05, 4.69) is 9.47 Å². The number of ketones is 1. The number of aromatic nitrogens is 1. The number of hydrogen-bond donors (Lipinski definition) is 1. The predicted octanol–water partition coefficient (Wildman–Crippen LogP) is 0.858. The molecule has 94 valence electrons. The highest BCUT2D eigenvalue weighted by atomic mass is 16.1. The van der Waals surface area contributed by atoms with Gasteiger partial charge in [0.25, 0.3) is 0 Å². The minimum absolute atomic E-state index is 0.209. The van der Waals surface area contributed by atoms with Gasteiger partial charge in [0.15, 0.2) is 5.78 Å². The Hall–Kier alpha value is -1.13. The van der Waals surface area contributed by atoms with Crippen LogP contribution < -0.4 is 5.73 Å². The highest BCUT2D eigenvalue weighted by Crippen LogP contribution is 2.15. The molecule has 4 nitrogen and oxygen atoms in total. The zero-order valence-electron chi connectivity index (χ0n) is 10.9. The summed E-state index contributed by atoms with van der Waals surface area (Å²) in [4.78, 5) is 14.3. The van der Waals surface area contributed by atoms with Crippen LogP contribution in [0.2, 0.25) is 0 Å². The summed E-state index contributed by atoms with van der Waals surface area (Å²) in [5, 5.41) is 0. The van der Waals surface area contributed by atoms with Gasteiger partial charge in [-0.25, -0.2) is 0 Å². The highest BCUT2D eigenvalue weighted by molar-refractivity contribution is 5.99. The van der Waals surface area contributed by atoms with E-state index < -0.39 is 0 Å². The van der Waals surface area contributed by atoms with Gasteiger partial charge >= 0.3 is 0 Å². The molecule has 1 aromatic rings. The Kier molecular flexibility index (Phi) is 3.35. The number of aryl methyl sites for hydroxylation is 1. The second-order valence-corrected chi connectivity index (χ2v) is 5.05. The summed E-state index contributed by atoms with van der Waals surface area (Å²) in [6.45, 7) is 6.30. The Morgan fingerprint density at radius 2 is 2.24 bits per heavy atom. The molecule has 2 rings (SSSR count). The fourth-order valence-electron chi connectivity index (χ4n) is 2.43. The number of nitrogens with zero attached hydrogens (tertiary/aromatic N) is 2. The van der Waals surface area contributed by atoms with E-state index in [9.17, 15) is 4.79 Å². The summed E-state index contributed by atoms with van der Waals surface area (Å²) in [6, 6.07) is 2.22. The van der Waals surface area contributed by atoms with Crippen LogP contribution in [0.1, 0.15) is 28.2 Å². The van der Waals surface area contributed by atoms with E-state index in [0.717, 1.165) is 36.5 Å². The van der Waals surface area contributed by atoms with Gasteiger partial charge in [0.1, 0.15) is 0 Å². The Labute approximate surface area is 102 Å². The molecular formula is C13H21N3O. The molecule has 1 fully saturated rings. The number of carbonyl (C=O) groups is 1. The van der Waals surface area contributed by atoms with Gasteiger partial charge in [-0.05, 0) is 26.3 Å². The van der Waals surface area contributed by atoms with Crippen molar-refractivity contribution in [1.29, 1.82) is 0 Å². The summed E-state index contributed by atoms with van der Waals surface area (Å²) in [6.07, 6.45) is 1.00. The zero-order chi connectivity index (χ0) is 12.6. The molecule has 0 aromatic carbocycles. The van der Waals surface area contributed by atoms with Crippen LogP contribution in [-0.4, -0.2) is 40.9 Å². The smallest absolute Gasteiger partial charge is 0.178 e. The summed E-state index contributed by atoms with van der Waals surface area (Å²) in [7, 11) is 1.99. The molecule has 2 heterocycles. The van der Waals surface area contributed by atoms with Crippen LogP contribution in [0, 0.1) is 13.8 Å². The summed E-state index contributed by atoms with van der Waals surface area (Å²) < 4.78 is 2.06. The van der Waals surface area contributed by atoms with Crippen LogP contribution in [0.25, 0.3) is 0 Å². The molecule has 1 aromatic heterocycles. The molecule has 0 aliphatic carbocycles. The molecule has 1 unspecified atom stereocenters. The average molecular weight is 235 g/mol. The summed E-state index contributed by atoms with van der Waals surface area (Å²) in [5.74, 6) is 0.209. The first-order valence-electron chi connectivity index (χ1n) is 6.13. The van der Waals surface area contributed by atoms with E-state index in [1.807, 2.05) is 27.0 Å². The van der Waals surface area contributed by atoms with Crippen molar-refractivity contribution in [3.8, 4) is 0 Å². The van der Waals surface area contributed by atoms with E-state index in [0.29, 0.717) is 6.54 Å². The normalized spacial score (nSPS) is 21.1. The maximum absolute atomic E-state index is 12.2. The fourth-order valence-corrected chi connectivity index (χ4v) is 2.43. The molecule has 1 atom stereocenters. The lowest BCUT2D eigenvalue weighted by Crippen LogP contribution is -2.31. The molecule has 2 N–H and O–H groups in total. The van der Waals surface area contributed by atoms with Crippen molar-refractivity contribution in [3.05, 3.63) is 23.0 Å². The minimum atomic E-state index is 0.209. The van der Waals surface area contributed by atoms with Gasteiger partial charge in [-0.15, -0.1) is 0 Å². The number of carbonyl (C=O) groups excluding carboxylic acids is 1. The third kappa shape index (κ3) is 2.42. The van der Waals surface area contributed by atoms with Gasteiger partial charge in [0, 0.05) is 43.1 Å². The maximum atomic E-state index is 12.2. The van der Waals surface area contributed by atoms with E-state index in [1.165, 1.54) is 0 Å². The van der Waals surface area contributed by atoms with Crippen LogP contribution in [0.4, 0.5) is 0 Å². The fraction of sp³-hybridized carbons (Fsp3) is 0.615. The van der Waals surface area contributed by atoms with Gasteiger partial charge in [0.2, 0.25) is 0 Å². The van der Waals surface area contributed by atoms with Gasteiger partial charge in [-0.2, -0.15) is 0 Å². The molecule has 0 radical (unpaired) electrons. The monoisotopic (exact) mass is 235 g/mol. The lowest BCUT2D eigenvalue weighted by Gasteiger charge is -2.13. The molecule has 1 aliphatic rings. The van der Waals surface area contributed by atoms with E-state index in [4.69, 9.17) is 5.73 Å². The van der Waals surface area contributed by atoms with Gasteiger partial charge < -0.3 is 10.3 Å². The molecule has 1 aliphatic heterocycles. The molecule has 0 bridgehead atoms. The number of nitrogens with two attached hydrogens (primary N) is 1. The first-order valence-corrected chi connectivity index (χ1v) is 6.13. The first kappa shape index (κ1) is 12.3. The third-order valence-corrected chi connectivity index (χ3v) is 3.75. The van der Waals surface area contributed by atoms with Crippen molar-refractivity contribution in [2.24, 2.45) is 12.8 Å². The van der Waals surface area contributed by atoms with E-state index >= 15 is 0 Å². The maximum Gasteiger partial charge on any atom is 0.178 e. The van der Waals surface area contributed by atoms with Crippen molar-refractivity contribution in [3.63, 3.8) is 0 Å². The Morgan fingerprint density at radius 3 is 2.71 bits per heavy atom. The Balaban J connectivity index is 2.07. The Bertz CT molecular complexity index is 436. The average Bonchev–Trinajstić information content (AvgIpc) is 2.78. The molecule has 0 spiro atoms. The van der Waals surface area contributed by atoms with Crippen molar-refractivity contribution in [2.45, 2.75) is 26.3 Å². The molecule has 4 heteroatoms. The van der Waals surface area contributed by atoms with Crippen LogP contribution in [-0.2, 0) is 7.05 Å². The van der Waals surface area contributed by atoms with Crippen LogP contribution in [0.3, 0.4) is 0 Å².